The number of hydrogen-bond donors (Lipinski definition) is 2. The van der Waals surface area contributed by atoms with Crippen LogP contribution >= 0.6 is 46.6 Å². The van der Waals surface area contributed by atoms with Gasteiger partial charge in [-0.1, -0.05) is 71.2 Å². The van der Waals surface area contributed by atoms with Gasteiger partial charge in [0.2, 0.25) is 5.91 Å². The van der Waals surface area contributed by atoms with E-state index in [1.807, 2.05) is 48.7 Å². The zero-order valence-corrected chi connectivity index (χ0v) is 25.0. The molecule has 1 aliphatic rings. The Morgan fingerprint density at radius 3 is 2.55 bits per heavy atom. The quantitative estimate of drug-likeness (QED) is 0.221. The van der Waals surface area contributed by atoms with Gasteiger partial charge in [-0.15, -0.1) is 0 Å². The van der Waals surface area contributed by atoms with Crippen LogP contribution in [0.2, 0.25) is 15.1 Å². The average molecular weight is 619 g/mol. The summed E-state index contributed by atoms with van der Waals surface area (Å²) in [5.41, 5.74) is 3.26. The van der Waals surface area contributed by atoms with Gasteiger partial charge in [-0.05, 0) is 73.7 Å². The van der Waals surface area contributed by atoms with E-state index in [0.29, 0.717) is 57.2 Å². The maximum Gasteiger partial charge on any atom is 0.328 e. The fourth-order valence-corrected chi connectivity index (χ4v) is 5.70. The summed E-state index contributed by atoms with van der Waals surface area (Å²) in [6.45, 7) is 1.34. The number of carboxylic acids is 1. The second-order valence-corrected chi connectivity index (χ2v) is 11.8. The first-order valence-corrected chi connectivity index (χ1v) is 15.4. The lowest BCUT2D eigenvalue weighted by Gasteiger charge is -2.25. The molecule has 4 rings (SSSR count). The van der Waals surface area contributed by atoms with E-state index < -0.39 is 12.0 Å². The van der Waals surface area contributed by atoms with Crippen molar-refractivity contribution < 1.29 is 14.7 Å². The first-order valence-electron chi connectivity index (χ1n) is 12.9. The molecule has 0 aliphatic carbocycles. The number of carboxylic acid groups (broad SMARTS) is 1. The number of aliphatic carboxylic acids is 1. The summed E-state index contributed by atoms with van der Waals surface area (Å²) in [5.74, 6) is -0.498. The number of nitrogens with zero attached hydrogens (tertiary/aromatic N) is 2. The van der Waals surface area contributed by atoms with E-state index >= 15 is 0 Å². The van der Waals surface area contributed by atoms with Crippen molar-refractivity contribution in [3.63, 3.8) is 0 Å². The second kappa shape index (κ2) is 14.4. The lowest BCUT2D eigenvalue weighted by atomic mass is 9.99. The molecule has 0 saturated carbocycles. The highest BCUT2D eigenvalue weighted by Gasteiger charge is 2.31. The molecule has 0 unspecified atom stereocenters. The number of nitrogens with one attached hydrogen (secondary N) is 1. The first-order chi connectivity index (χ1) is 19.3. The molecule has 2 atom stereocenters. The molecular weight excluding hydrogens is 589 g/mol. The number of benzene rings is 3. The Bertz CT molecular complexity index is 1390. The van der Waals surface area contributed by atoms with Crippen molar-refractivity contribution in [1.82, 2.24) is 4.90 Å². The third-order valence-electron chi connectivity index (χ3n) is 6.74. The van der Waals surface area contributed by atoms with Crippen LogP contribution in [-0.2, 0) is 16.1 Å². The minimum atomic E-state index is -1.00. The topological polar surface area (TPSA) is 82.0 Å². The SMILES string of the molecule is CSCC[C@H](N=C(c1ccccc1)c1cc(Cl)ccc1NC(=O)[C@@H]1CCCN1Cc1ccc(Cl)c(Cl)c1)C(=O)O. The molecule has 0 aromatic heterocycles. The lowest BCUT2D eigenvalue weighted by molar-refractivity contribution is -0.138. The summed E-state index contributed by atoms with van der Waals surface area (Å²) in [6, 6.07) is 18.7. The molecule has 3 aromatic rings. The van der Waals surface area contributed by atoms with Crippen LogP contribution in [-0.4, -0.2) is 58.2 Å². The van der Waals surface area contributed by atoms with Crippen LogP contribution in [0.3, 0.4) is 0 Å². The minimum Gasteiger partial charge on any atom is -0.480 e. The van der Waals surface area contributed by atoms with E-state index in [9.17, 15) is 14.7 Å². The summed E-state index contributed by atoms with van der Waals surface area (Å²) in [6.07, 6.45) is 3.91. The molecule has 1 fully saturated rings. The molecule has 1 saturated heterocycles. The largest absolute Gasteiger partial charge is 0.480 e. The molecule has 1 heterocycles. The van der Waals surface area contributed by atoms with Crippen LogP contribution in [0.4, 0.5) is 5.69 Å². The fourth-order valence-electron chi connectivity index (χ4n) is 4.75. The summed E-state index contributed by atoms with van der Waals surface area (Å²) in [5, 5.41) is 14.4. The van der Waals surface area contributed by atoms with Crippen molar-refractivity contribution in [3.8, 4) is 0 Å². The number of aliphatic imine (C=N–C) groups is 1. The number of likely N-dealkylation sites (tertiary alicyclic amines) is 1. The van der Waals surface area contributed by atoms with Crippen molar-refractivity contribution >= 4 is 69.8 Å². The number of amides is 1. The van der Waals surface area contributed by atoms with Crippen molar-refractivity contribution in [1.29, 1.82) is 0 Å². The van der Waals surface area contributed by atoms with E-state index in [-0.39, 0.29) is 11.9 Å². The minimum absolute atomic E-state index is 0.147. The average Bonchev–Trinajstić information content (AvgIpc) is 3.40. The van der Waals surface area contributed by atoms with Crippen LogP contribution in [0.5, 0.6) is 0 Å². The van der Waals surface area contributed by atoms with Crippen LogP contribution in [0.15, 0.2) is 71.7 Å². The Hall–Kier alpha value is -2.55. The zero-order chi connectivity index (χ0) is 28.6. The zero-order valence-electron chi connectivity index (χ0n) is 21.9. The standard InChI is InChI=1S/C30H30Cl3N3O3S/c1-40-15-13-26(30(38)39)34-28(20-6-3-2-4-7-20)22-17-21(31)10-12-25(22)35-29(37)27-8-5-14-36(27)18-19-9-11-23(32)24(33)16-19/h2-4,6-7,9-12,16-17,26-27H,5,8,13-15,18H2,1H3,(H,35,37)(H,38,39)/t26-,27-/m0/s1. The van der Waals surface area contributed by atoms with Gasteiger partial charge < -0.3 is 10.4 Å². The number of rotatable bonds is 11. The highest BCUT2D eigenvalue weighted by atomic mass is 35.5. The maximum atomic E-state index is 13.6. The van der Waals surface area contributed by atoms with Gasteiger partial charge in [0.1, 0.15) is 6.04 Å². The van der Waals surface area contributed by atoms with Gasteiger partial charge in [0.25, 0.3) is 0 Å². The normalized spacial score (nSPS) is 16.6. The lowest BCUT2D eigenvalue weighted by Crippen LogP contribution is -2.39. The molecule has 210 valence electrons. The van der Waals surface area contributed by atoms with Gasteiger partial charge >= 0.3 is 5.97 Å². The van der Waals surface area contributed by atoms with Crippen LogP contribution in [0.1, 0.15) is 36.0 Å². The van der Waals surface area contributed by atoms with Gasteiger partial charge in [-0.2, -0.15) is 11.8 Å². The molecule has 1 aliphatic heterocycles. The molecule has 3 aromatic carbocycles. The Morgan fingerprint density at radius 2 is 1.85 bits per heavy atom. The number of carbonyl (C=O) groups is 2. The van der Waals surface area contributed by atoms with Gasteiger partial charge in [0, 0.05) is 22.7 Å². The Morgan fingerprint density at radius 1 is 1.07 bits per heavy atom. The summed E-state index contributed by atoms with van der Waals surface area (Å²) in [4.78, 5) is 32.6. The van der Waals surface area contributed by atoms with Crippen molar-refractivity contribution in [2.45, 2.75) is 37.9 Å². The van der Waals surface area contributed by atoms with Gasteiger partial charge in [-0.3, -0.25) is 14.7 Å². The second-order valence-electron chi connectivity index (χ2n) is 9.54. The van der Waals surface area contributed by atoms with E-state index in [0.717, 1.165) is 24.1 Å². The summed E-state index contributed by atoms with van der Waals surface area (Å²) >= 11 is 20.3. The molecule has 0 bridgehead atoms. The van der Waals surface area contributed by atoms with Crippen LogP contribution in [0, 0.1) is 0 Å². The highest BCUT2D eigenvalue weighted by Crippen LogP contribution is 2.29. The van der Waals surface area contributed by atoms with Gasteiger partial charge in [-0.25, -0.2) is 4.79 Å². The van der Waals surface area contributed by atoms with Crippen molar-refractivity contribution in [2.75, 3.05) is 23.9 Å². The predicted octanol–water partition coefficient (Wildman–Crippen LogP) is 7.29. The number of halogens is 3. The number of thioether (sulfide) groups is 1. The molecule has 2 N–H and O–H groups in total. The molecule has 1 amide bonds. The molecule has 0 radical (unpaired) electrons. The summed E-state index contributed by atoms with van der Waals surface area (Å²) < 4.78 is 0. The maximum absolute atomic E-state index is 13.6. The third kappa shape index (κ3) is 7.80. The fraction of sp³-hybridized carbons (Fsp3) is 0.300. The molecule has 10 heteroatoms. The smallest absolute Gasteiger partial charge is 0.328 e. The van der Waals surface area contributed by atoms with Crippen molar-refractivity contribution in [3.05, 3.63) is 98.5 Å². The van der Waals surface area contributed by atoms with E-state index in [2.05, 4.69) is 10.2 Å². The number of anilines is 1. The number of carbonyl (C=O) groups excluding carboxylic acids is 1. The van der Waals surface area contributed by atoms with Crippen LogP contribution in [0.25, 0.3) is 0 Å². The Kier molecular flexibility index (Phi) is 10.9. The van der Waals surface area contributed by atoms with E-state index in [4.69, 9.17) is 39.8 Å². The molecular formula is C30H30Cl3N3O3S. The Labute approximate surface area is 253 Å². The van der Waals surface area contributed by atoms with E-state index in [1.54, 1.807) is 36.0 Å². The molecule has 40 heavy (non-hydrogen) atoms. The highest BCUT2D eigenvalue weighted by molar-refractivity contribution is 7.98. The summed E-state index contributed by atoms with van der Waals surface area (Å²) in [7, 11) is 0. The van der Waals surface area contributed by atoms with E-state index in [1.165, 1.54) is 0 Å². The monoisotopic (exact) mass is 617 g/mol. The molecule has 0 spiro atoms. The third-order valence-corrected chi connectivity index (χ3v) is 8.36. The predicted molar refractivity (Wildman–Crippen MR) is 166 cm³/mol. The first kappa shape index (κ1) is 30.4. The molecule has 6 nitrogen and oxygen atoms in total. The van der Waals surface area contributed by atoms with Gasteiger partial charge in [0.15, 0.2) is 0 Å². The Balaban J connectivity index is 1.65. The van der Waals surface area contributed by atoms with Gasteiger partial charge in [0.05, 0.1) is 27.5 Å². The number of hydrogen-bond acceptors (Lipinski definition) is 5. The van der Waals surface area contributed by atoms with Crippen LogP contribution < -0.4 is 5.32 Å². The van der Waals surface area contributed by atoms with Crippen molar-refractivity contribution in [2.24, 2.45) is 4.99 Å².